The lowest BCUT2D eigenvalue weighted by atomic mass is 10.1. The van der Waals surface area contributed by atoms with E-state index in [1.807, 2.05) is 0 Å². The van der Waals surface area contributed by atoms with E-state index in [1.54, 1.807) is 49.4 Å². The molecule has 1 amide bonds. The zero-order valence-electron chi connectivity index (χ0n) is 13.7. The van der Waals surface area contributed by atoms with Crippen molar-refractivity contribution in [1.29, 1.82) is 5.26 Å². The zero-order chi connectivity index (χ0) is 17.5. The Labute approximate surface area is 140 Å². The van der Waals surface area contributed by atoms with E-state index >= 15 is 0 Å². The smallest absolute Gasteiger partial charge is 0.271 e. The van der Waals surface area contributed by atoms with Crippen LogP contribution in [0, 0.1) is 11.3 Å². The molecule has 1 N–H and O–H groups in total. The fraction of sp³-hybridized carbons (Fsp3) is 0.167. The van der Waals surface area contributed by atoms with Crippen molar-refractivity contribution in [3.05, 3.63) is 59.2 Å². The highest BCUT2D eigenvalue weighted by atomic mass is 16.5. The third kappa shape index (κ3) is 3.90. The van der Waals surface area contributed by atoms with Crippen LogP contribution in [0.25, 0.3) is 0 Å². The second-order valence-corrected chi connectivity index (χ2v) is 4.90. The minimum Gasteiger partial charge on any atom is -0.493 e. The van der Waals surface area contributed by atoms with Crippen LogP contribution in [0.15, 0.2) is 47.6 Å². The fourth-order valence-electron chi connectivity index (χ4n) is 2.03. The quantitative estimate of drug-likeness (QED) is 0.677. The number of hydrogen-bond donors (Lipinski definition) is 1. The van der Waals surface area contributed by atoms with Gasteiger partial charge in [0.15, 0.2) is 11.5 Å². The lowest BCUT2D eigenvalue weighted by molar-refractivity contribution is 0.0954. The van der Waals surface area contributed by atoms with Crippen molar-refractivity contribution >= 4 is 11.6 Å². The van der Waals surface area contributed by atoms with Crippen molar-refractivity contribution in [3.63, 3.8) is 0 Å². The molecule has 24 heavy (non-hydrogen) atoms. The van der Waals surface area contributed by atoms with Gasteiger partial charge in [0.2, 0.25) is 0 Å². The highest BCUT2D eigenvalue weighted by molar-refractivity contribution is 6.01. The van der Waals surface area contributed by atoms with Crippen molar-refractivity contribution in [2.24, 2.45) is 5.10 Å². The SMILES string of the molecule is COc1ccc(C(=O)NN=C(C)c2ccc(C#N)cc2)cc1OC. The summed E-state index contributed by atoms with van der Waals surface area (Å²) in [6.45, 7) is 1.77. The Morgan fingerprint density at radius 3 is 2.25 bits per heavy atom. The zero-order valence-corrected chi connectivity index (χ0v) is 13.7. The molecule has 2 aromatic rings. The summed E-state index contributed by atoms with van der Waals surface area (Å²) in [4.78, 5) is 12.2. The molecule has 0 aliphatic heterocycles. The molecule has 0 spiro atoms. The molecule has 0 aromatic heterocycles. The van der Waals surface area contributed by atoms with Crippen LogP contribution in [0.1, 0.15) is 28.4 Å². The van der Waals surface area contributed by atoms with Gasteiger partial charge in [-0.05, 0) is 42.8 Å². The number of carbonyl (C=O) groups is 1. The number of hydrogen-bond acceptors (Lipinski definition) is 5. The van der Waals surface area contributed by atoms with Gasteiger partial charge in [-0.3, -0.25) is 4.79 Å². The maximum atomic E-state index is 12.2. The molecule has 2 rings (SSSR count). The second kappa shape index (κ2) is 7.79. The minimum atomic E-state index is -0.357. The second-order valence-electron chi connectivity index (χ2n) is 4.90. The number of methoxy groups -OCH3 is 2. The number of benzene rings is 2. The van der Waals surface area contributed by atoms with E-state index in [1.165, 1.54) is 14.2 Å². The van der Waals surface area contributed by atoms with Crippen molar-refractivity contribution < 1.29 is 14.3 Å². The normalized spacial score (nSPS) is 10.7. The number of nitriles is 1. The molecule has 122 valence electrons. The van der Waals surface area contributed by atoms with E-state index in [-0.39, 0.29) is 5.91 Å². The largest absolute Gasteiger partial charge is 0.493 e. The first-order valence-electron chi connectivity index (χ1n) is 7.16. The molecule has 0 aliphatic carbocycles. The molecule has 0 saturated carbocycles. The predicted molar refractivity (Wildman–Crippen MR) is 90.4 cm³/mol. The highest BCUT2D eigenvalue weighted by Crippen LogP contribution is 2.27. The van der Waals surface area contributed by atoms with Crippen LogP contribution >= 0.6 is 0 Å². The van der Waals surface area contributed by atoms with Crippen molar-refractivity contribution in [2.45, 2.75) is 6.92 Å². The van der Waals surface area contributed by atoms with Crippen LogP contribution in [0.2, 0.25) is 0 Å². The summed E-state index contributed by atoms with van der Waals surface area (Å²) in [6.07, 6.45) is 0. The van der Waals surface area contributed by atoms with Crippen molar-refractivity contribution in [3.8, 4) is 17.6 Å². The van der Waals surface area contributed by atoms with Gasteiger partial charge < -0.3 is 9.47 Å². The maximum absolute atomic E-state index is 12.2. The molecule has 2 aromatic carbocycles. The van der Waals surface area contributed by atoms with E-state index in [0.717, 1.165) is 5.56 Å². The lowest BCUT2D eigenvalue weighted by Crippen LogP contribution is -2.19. The van der Waals surface area contributed by atoms with Gasteiger partial charge in [-0.1, -0.05) is 12.1 Å². The molecule has 0 atom stereocenters. The highest BCUT2D eigenvalue weighted by Gasteiger charge is 2.10. The number of carbonyl (C=O) groups excluding carboxylic acids is 1. The van der Waals surface area contributed by atoms with E-state index < -0.39 is 0 Å². The summed E-state index contributed by atoms with van der Waals surface area (Å²) in [7, 11) is 3.04. The van der Waals surface area contributed by atoms with Crippen LogP contribution in [-0.2, 0) is 0 Å². The van der Waals surface area contributed by atoms with Gasteiger partial charge >= 0.3 is 0 Å². The van der Waals surface area contributed by atoms with Gasteiger partial charge in [0.1, 0.15) is 0 Å². The van der Waals surface area contributed by atoms with Gasteiger partial charge in [0.25, 0.3) is 5.91 Å². The molecular weight excluding hydrogens is 306 g/mol. The molecule has 0 unspecified atom stereocenters. The Hall–Kier alpha value is -3.33. The van der Waals surface area contributed by atoms with Crippen LogP contribution in [0.4, 0.5) is 0 Å². The van der Waals surface area contributed by atoms with Gasteiger partial charge in [-0.15, -0.1) is 0 Å². The molecular formula is C18H17N3O3. The first-order chi connectivity index (χ1) is 11.6. The summed E-state index contributed by atoms with van der Waals surface area (Å²) >= 11 is 0. The third-order valence-electron chi connectivity index (χ3n) is 3.40. The molecule has 0 radical (unpaired) electrons. The van der Waals surface area contributed by atoms with E-state index in [9.17, 15) is 4.79 Å². The Kier molecular flexibility index (Phi) is 5.53. The molecule has 6 heteroatoms. The summed E-state index contributed by atoms with van der Waals surface area (Å²) in [5, 5.41) is 12.9. The average Bonchev–Trinajstić information content (AvgIpc) is 2.65. The number of ether oxygens (including phenoxy) is 2. The summed E-state index contributed by atoms with van der Waals surface area (Å²) in [5.74, 6) is 0.660. The van der Waals surface area contributed by atoms with Crippen LogP contribution < -0.4 is 14.9 Å². The topological polar surface area (TPSA) is 83.7 Å². The van der Waals surface area contributed by atoms with Gasteiger partial charge in [-0.25, -0.2) is 5.43 Å². The number of amides is 1. The Balaban J connectivity index is 2.12. The molecule has 0 saturated heterocycles. The average molecular weight is 323 g/mol. The number of rotatable bonds is 5. The van der Waals surface area contributed by atoms with Gasteiger partial charge in [0.05, 0.1) is 31.6 Å². The molecule has 0 bridgehead atoms. The molecule has 0 fully saturated rings. The third-order valence-corrected chi connectivity index (χ3v) is 3.40. The molecule has 6 nitrogen and oxygen atoms in total. The first-order valence-corrected chi connectivity index (χ1v) is 7.16. The maximum Gasteiger partial charge on any atom is 0.271 e. The monoisotopic (exact) mass is 323 g/mol. The minimum absolute atomic E-state index is 0.357. The molecule has 0 heterocycles. The Morgan fingerprint density at radius 2 is 1.67 bits per heavy atom. The first kappa shape index (κ1) is 17.0. The Bertz CT molecular complexity index is 805. The number of nitrogens with zero attached hydrogens (tertiary/aromatic N) is 2. The van der Waals surface area contributed by atoms with E-state index in [2.05, 4.69) is 16.6 Å². The van der Waals surface area contributed by atoms with Crippen LogP contribution in [0.5, 0.6) is 11.5 Å². The van der Waals surface area contributed by atoms with Crippen molar-refractivity contribution in [1.82, 2.24) is 5.43 Å². The fourth-order valence-corrected chi connectivity index (χ4v) is 2.03. The van der Waals surface area contributed by atoms with E-state index in [0.29, 0.717) is 28.3 Å². The van der Waals surface area contributed by atoms with Crippen molar-refractivity contribution in [2.75, 3.05) is 14.2 Å². The van der Waals surface area contributed by atoms with Gasteiger partial charge in [-0.2, -0.15) is 10.4 Å². The number of nitrogens with one attached hydrogen (secondary N) is 1. The standard InChI is InChI=1S/C18H17N3O3/c1-12(14-6-4-13(11-19)5-7-14)20-21-18(22)15-8-9-16(23-2)17(10-15)24-3/h4-10H,1-3H3,(H,21,22). The van der Waals surface area contributed by atoms with E-state index in [4.69, 9.17) is 14.7 Å². The summed E-state index contributed by atoms with van der Waals surface area (Å²) in [5.41, 5.74) is 4.93. The van der Waals surface area contributed by atoms with Crippen LogP contribution in [0.3, 0.4) is 0 Å². The number of hydrazone groups is 1. The molecule has 0 aliphatic rings. The van der Waals surface area contributed by atoms with Gasteiger partial charge in [0, 0.05) is 5.56 Å². The summed E-state index contributed by atoms with van der Waals surface area (Å²) < 4.78 is 10.3. The lowest BCUT2D eigenvalue weighted by Gasteiger charge is -2.09. The Morgan fingerprint density at radius 1 is 1.04 bits per heavy atom. The predicted octanol–water partition coefficient (Wildman–Crippen LogP) is 2.73. The van der Waals surface area contributed by atoms with Crippen LogP contribution in [-0.4, -0.2) is 25.8 Å². The summed E-state index contributed by atoms with van der Waals surface area (Å²) in [6, 6.07) is 13.9.